The Hall–Kier alpha value is -3.22. The summed E-state index contributed by atoms with van der Waals surface area (Å²) in [6, 6.07) is 7.84. The molecule has 2 aromatic heterocycles. The van der Waals surface area contributed by atoms with E-state index < -0.39 is 0 Å². The van der Waals surface area contributed by atoms with Crippen molar-refractivity contribution in [2.45, 2.75) is 20.4 Å². The van der Waals surface area contributed by atoms with Gasteiger partial charge in [0.1, 0.15) is 11.5 Å². The van der Waals surface area contributed by atoms with E-state index in [4.69, 9.17) is 0 Å². The number of fused-ring (bicyclic) bond motifs is 1. The standard InChI is InChI=1S/C19H18FN5O/c1-11-16(12(2)25-10-9-21-18(26)17(11)25)15-7-8-22-19(24-15)23-14-5-3-13(20)4-6-14/h3-8H,9-10H2,1-2H3,(H,21,26)(H,22,23,24). The molecule has 0 unspecified atom stereocenters. The molecule has 3 aromatic rings. The van der Waals surface area contributed by atoms with Crippen LogP contribution >= 0.6 is 0 Å². The molecule has 0 spiro atoms. The topological polar surface area (TPSA) is 71.8 Å². The monoisotopic (exact) mass is 351 g/mol. The number of halogens is 1. The predicted octanol–water partition coefficient (Wildman–Crippen LogP) is 3.19. The number of anilines is 2. The van der Waals surface area contributed by atoms with Crippen LogP contribution in [0.25, 0.3) is 11.3 Å². The Balaban J connectivity index is 1.73. The van der Waals surface area contributed by atoms with Gasteiger partial charge in [-0.15, -0.1) is 0 Å². The minimum absolute atomic E-state index is 0.0539. The van der Waals surface area contributed by atoms with E-state index in [0.717, 1.165) is 29.1 Å². The van der Waals surface area contributed by atoms with Gasteiger partial charge in [0.25, 0.3) is 5.91 Å². The van der Waals surface area contributed by atoms with Gasteiger partial charge in [0.2, 0.25) is 5.95 Å². The van der Waals surface area contributed by atoms with Crippen LogP contribution in [0.15, 0.2) is 36.5 Å². The second-order valence-electron chi connectivity index (χ2n) is 6.24. The fraction of sp³-hybridized carbons (Fsp3) is 0.211. The summed E-state index contributed by atoms with van der Waals surface area (Å²) in [4.78, 5) is 21.1. The molecule has 1 aliphatic heterocycles. The Kier molecular flexibility index (Phi) is 3.91. The Morgan fingerprint density at radius 3 is 2.69 bits per heavy atom. The molecule has 0 fully saturated rings. The average molecular weight is 351 g/mol. The van der Waals surface area contributed by atoms with E-state index in [1.165, 1.54) is 12.1 Å². The van der Waals surface area contributed by atoms with Crippen LogP contribution in [0, 0.1) is 19.7 Å². The number of rotatable bonds is 3. The molecule has 0 saturated carbocycles. The van der Waals surface area contributed by atoms with Crippen molar-refractivity contribution in [1.29, 1.82) is 0 Å². The molecular formula is C19H18FN5O. The summed E-state index contributed by atoms with van der Waals surface area (Å²) in [5.41, 5.74) is 5.00. The van der Waals surface area contributed by atoms with Crippen molar-refractivity contribution in [2.75, 3.05) is 11.9 Å². The highest BCUT2D eigenvalue weighted by Gasteiger charge is 2.26. The maximum absolute atomic E-state index is 13.0. The molecule has 7 heteroatoms. The van der Waals surface area contributed by atoms with Crippen LogP contribution in [-0.4, -0.2) is 27.0 Å². The fourth-order valence-electron chi connectivity index (χ4n) is 3.43. The van der Waals surface area contributed by atoms with Crippen molar-refractivity contribution in [3.63, 3.8) is 0 Å². The first-order valence-electron chi connectivity index (χ1n) is 8.38. The highest BCUT2D eigenvalue weighted by molar-refractivity contribution is 5.97. The third kappa shape index (κ3) is 2.71. The highest BCUT2D eigenvalue weighted by atomic mass is 19.1. The molecule has 132 valence electrons. The van der Waals surface area contributed by atoms with Crippen molar-refractivity contribution in [3.05, 3.63) is 59.3 Å². The molecule has 4 rings (SSSR count). The minimum atomic E-state index is -0.297. The van der Waals surface area contributed by atoms with Gasteiger partial charge in [-0.25, -0.2) is 14.4 Å². The maximum atomic E-state index is 13.0. The molecule has 26 heavy (non-hydrogen) atoms. The van der Waals surface area contributed by atoms with Gasteiger partial charge in [0.15, 0.2) is 0 Å². The zero-order valence-electron chi connectivity index (χ0n) is 14.5. The molecular weight excluding hydrogens is 333 g/mol. The van der Waals surface area contributed by atoms with Gasteiger partial charge >= 0.3 is 0 Å². The lowest BCUT2D eigenvalue weighted by atomic mass is 10.1. The number of amides is 1. The summed E-state index contributed by atoms with van der Waals surface area (Å²) in [6.07, 6.45) is 1.67. The van der Waals surface area contributed by atoms with Gasteiger partial charge in [0, 0.05) is 36.2 Å². The van der Waals surface area contributed by atoms with E-state index in [-0.39, 0.29) is 11.7 Å². The SMILES string of the molecule is Cc1c(-c2ccnc(Nc3ccc(F)cc3)n2)c(C)n2c1C(=O)NCC2. The van der Waals surface area contributed by atoms with Crippen LogP contribution in [0.3, 0.4) is 0 Å². The number of benzene rings is 1. The summed E-state index contributed by atoms with van der Waals surface area (Å²) < 4.78 is 15.1. The van der Waals surface area contributed by atoms with Gasteiger partial charge in [0.05, 0.1) is 5.69 Å². The lowest BCUT2D eigenvalue weighted by Gasteiger charge is -2.17. The van der Waals surface area contributed by atoms with Gasteiger partial charge in [-0.2, -0.15) is 0 Å². The Bertz CT molecular complexity index is 994. The number of aromatic nitrogens is 3. The third-order valence-electron chi connectivity index (χ3n) is 4.61. The Morgan fingerprint density at radius 1 is 1.19 bits per heavy atom. The van der Waals surface area contributed by atoms with Gasteiger partial charge < -0.3 is 15.2 Å². The summed E-state index contributed by atoms with van der Waals surface area (Å²) >= 11 is 0. The number of hydrogen-bond acceptors (Lipinski definition) is 4. The predicted molar refractivity (Wildman–Crippen MR) is 96.9 cm³/mol. The van der Waals surface area contributed by atoms with Gasteiger partial charge in [-0.3, -0.25) is 4.79 Å². The first-order chi connectivity index (χ1) is 12.5. The summed E-state index contributed by atoms with van der Waals surface area (Å²) in [7, 11) is 0. The summed E-state index contributed by atoms with van der Waals surface area (Å²) in [5.74, 6) is 0.0671. The van der Waals surface area contributed by atoms with Crippen molar-refractivity contribution >= 4 is 17.5 Å². The zero-order chi connectivity index (χ0) is 18.3. The van der Waals surface area contributed by atoms with Gasteiger partial charge in [-0.1, -0.05) is 0 Å². The van der Waals surface area contributed by atoms with Crippen LogP contribution in [0.1, 0.15) is 21.7 Å². The second-order valence-corrected chi connectivity index (χ2v) is 6.24. The van der Waals surface area contributed by atoms with Crippen molar-refractivity contribution in [1.82, 2.24) is 19.9 Å². The maximum Gasteiger partial charge on any atom is 0.268 e. The number of nitrogens with one attached hydrogen (secondary N) is 2. The fourth-order valence-corrected chi connectivity index (χ4v) is 3.43. The number of hydrogen-bond donors (Lipinski definition) is 2. The van der Waals surface area contributed by atoms with E-state index in [9.17, 15) is 9.18 Å². The molecule has 0 saturated heterocycles. The number of nitrogens with zero attached hydrogens (tertiary/aromatic N) is 3. The Labute approximate surface area is 150 Å². The molecule has 1 aliphatic rings. The normalized spacial score (nSPS) is 13.3. The number of carbonyl (C=O) groups is 1. The lowest BCUT2D eigenvalue weighted by molar-refractivity contribution is 0.0926. The van der Waals surface area contributed by atoms with Crippen LogP contribution in [0.4, 0.5) is 16.0 Å². The molecule has 1 aromatic carbocycles. The van der Waals surface area contributed by atoms with E-state index >= 15 is 0 Å². The van der Waals surface area contributed by atoms with Crippen molar-refractivity contribution in [3.8, 4) is 11.3 Å². The Morgan fingerprint density at radius 2 is 1.96 bits per heavy atom. The second kappa shape index (κ2) is 6.25. The number of carbonyl (C=O) groups excluding carboxylic acids is 1. The summed E-state index contributed by atoms with van der Waals surface area (Å²) in [5, 5.41) is 5.96. The van der Waals surface area contributed by atoms with E-state index in [2.05, 4.69) is 20.6 Å². The van der Waals surface area contributed by atoms with Crippen LogP contribution < -0.4 is 10.6 Å². The lowest BCUT2D eigenvalue weighted by Crippen LogP contribution is -2.35. The summed E-state index contributed by atoms with van der Waals surface area (Å²) in [6.45, 7) is 5.31. The molecule has 0 bridgehead atoms. The molecule has 6 nitrogen and oxygen atoms in total. The molecule has 0 aliphatic carbocycles. The van der Waals surface area contributed by atoms with Crippen LogP contribution in [0.2, 0.25) is 0 Å². The van der Waals surface area contributed by atoms with E-state index in [1.54, 1.807) is 18.3 Å². The molecule has 1 amide bonds. The van der Waals surface area contributed by atoms with E-state index in [1.807, 2.05) is 24.5 Å². The molecule has 0 atom stereocenters. The molecule has 0 radical (unpaired) electrons. The molecule has 3 heterocycles. The van der Waals surface area contributed by atoms with E-state index in [0.29, 0.717) is 23.9 Å². The quantitative estimate of drug-likeness (QED) is 0.760. The average Bonchev–Trinajstić information content (AvgIpc) is 2.89. The first kappa shape index (κ1) is 16.3. The van der Waals surface area contributed by atoms with Crippen molar-refractivity contribution in [2.24, 2.45) is 0 Å². The van der Waals surface area contributed by atoms with Crippen molar-refractivity contribution < 1.29 is 9.18 Å². The zero-order valence-corrected chi connectivity index (χ0v) is 14.5. The van der Waals surface area contributed by atoms with Crippen LogP contribution in [-0.2, 0) is 6.54 Å². The smallest absolute Gasteiger partial charge is 0.268 e. The first-order valence-corrected chi connectivity index (χ1v) is 8.38. The molecule has 2 N–H and O–H groups in total. The third-order valence-corrected chi connectivity index (χ3v) is 4.61. The minimum Gasteiger partial charge on any atom is -0.349 e. The van der Waals surface area contributed by atoms with Gasteiger partial charge in [-0.05, 0) is 49.7 Å². The largest absolute Gasteiger partial charge is 0.349 e. The van der Waals surface area contributed by atoms with Crippen LogP contribution in [0.5, 0.6) is 0 Å². The highest BCUT2D eigenvalue weighted by Crippen LogP contribution is 2.32.